The first kappa shape index (κ1) is 33.9. The van der Waals surface area contributed by atoms with E-state index in [4.69, 9.17) is 0 Å². The highest BCUT2D eigenvalue weighted by Crippen LogP contribution is 2.28. The first-order chi connectivity index (χ1) is 22.8. The maximum atomic E-state index is 12.6. The maximum absolute atomic E-state index is 12.6. The van der Waals surface area contributed by atoms with Crippen LogP contribution in [0.1, 0.15) is 43.4 Å². The van der Waals surface area contributed by atoms with E-state index in [1.807, 2.05) is 24.3 Å². The van der Waals surface area contributed by atoms with Crippen LogP contribution in [-0.2, 0) is 12.4 Å². The van der Waals surface area contributed by atoms with Gasteiger partial charge in [0.25, 0.3) is 11.8 Å². The van der Waals surface area contributed by atoms with E-state index < -0.39 is 35.7 Å². The molecule has 2 amide bonds. The first-order valence-electron chi connectivity index (χ1n) is 14.4. The molecule has 0 atom stereocenters. The van der Waals surface area contributed by atoms with Gasteiger partial charge in [0.15, 0.2) is 0 Å². The summed E-state index contributed by atoms with van der Waals surface area (Å²) in [5.74, 6) is -2.46. The fraction of sp³-hybridized carbons (Fsp3) is 0.182. The summed E-state index contributed by atoms with van der Waals surface area (Å²) in [7, 11) is 0. The van der Waals surface area contributed by atoms with Crippen molar-refractivity contribution in [3.63, 3.8) is 0 Å². The lowest BCUT2D eigenvalue weighted by molar-refractivity contribution is -0.145. The summed E-state index contributed by atoms with van der Waals surface area (Å²) >= 11 is 0. The Morgan fingerprint density at radius 2 is 1.08 bits per heavy atom. The molecular formula is C33H27F6N7O2. The Bertz CT molecular complexity index is 1810. The predicted octanol–water partition coefficient (Wildman–Crippen LogP) is 6.07. The SMILES string of the molecule is O=C(Nc1ccc(C=C2CNC2)cc1)c1ccnc(C(F)(F)F)c1.O=C(Nc1ccc(C=C2CNC2)cc1)c1cnc(C(F)(F)F)nc1. The van der Waals surface area contributed by atoms with Crippen LogP contribution >= 0.6 is 0 Å². The van der Waals surface area contributed by atoms with Gasteiger partial charge < -0.3 is 21.3 Å². The molecule has 48 heavy (non-hydrogen) atoms. The number of nitrogens with one attached hydrogen (secondary N) is 4. The summed E-state index contributed by atoms with van der Waals surface area (Å²) in [5.41, 5.74) is 4.44. The number of hydrogen-bond acceptors (Lipinski definition) is 7. The molecule has 4 heterocycles. The smallest absolute Gasteiger partial charge is 0.322 e. The molecule has 2 aliphatic rings. The van der Waals surface area contributed by atoms with Crippen LogP contribution < -0.4 is 21.3 Å². The van der Waals surface area contributed by atoms with Crippen molar-refractivity contribution < 1.29 is 35.9 Å². The fourth-order valence-corrected chi connectivity index (χ4v) is 4.26. The Morgan fingerprint density at radius 1 is 0.625 bits per heavy atom. The first-order valence-corrected chi connectivity index (χ1v) is 14.4. The monoisotopic (exact) mass is 667 g/mol. The van der Waals surface area contributed by atoms with Crippen molar-refractivity contribution >= 4 is 35.3 Å². The highest BCUT2D eigenvalue weighted by atomic mass is 19.4. The third-order valence-corrected chi connectivity index (χ3v) is 6.97. The summed E-state index contributed by atoms with van der Waals surface area (Å²) in [4.78, 5) is 33.7. The molecular weight excluding hydrogens is 640 g/mol. The zero-order valence-electron chi connectivity index (χ0n) is 24.9. The van der Waals surface area contributed by atoms with Crippen LogP contribution in [0.5, 0.6) is 0 Å². The number of amides is 2. The highest BCUT2D eigenvalue weighted by Gasteiger charge is 2.34. The Hall–Kier alpha value is -5.41. The lowest BCUT2D eigenvalue weighted by Gasteiger charge is -2.18. The zero-order valence-corrected chi connectivity index (χ0v) is 24.9. The maximum Gasteiger partial charge on any atom is 0.451 e. The van der Waals surface area contributed by atoms with Gasteiger partial charge in [0.2, 0.25) is 5.82 Å². The standard InChI is InChI=1S/C17H14F3N3O.C16H13F3N4O/c18-17(19,20)15-8-13(5-6-22-15)16(24)23-14-3-1-11(2-4-14)7-12-9-21-10-12;17-16(18,19)15-21-8-12(9-22-15)14(24)23-13-3-1-10(2-4-13)5-11-6-20-7-11/h1-8,21H,9-10H2,(H,23,24);1-5,8-9,20H,6-7H2,(H,23,24). The van der Waals surface area contributed by atoms with E-state index in [-0.39, 0.29) is 11.1 Å². The number of pyridine rings is 1. The minimum absolute atomic E-state index is 0.0465. The van der Waals surface area contributed by atoms with E-state index >= 15 is 0 Å². The summed E-state index contributed by atoms with van der Waals surface area (Å²) in [6.07, 6.45) is -2.41. The molecule has 4 N–H and O–H groups in total. The molecule has 2 aromatic carbocycles. The van der Waals surface area contributed by atoms with E-state index in [1.165, 1.54) is 17.2 Å². The number of carbonyl (C=O) groups excluding carboxylic acids is 2. The van der Waals surface area contributed by atoms with Crippen molar-refractivity contribution in [2.75, 3.05) is 36.8 Å². The number of rotatable bonds is 6. The second-order valence-electron chi connectivity index (χ2n) is 10.7. The molecule has 0 saturated carbocycles. The molecule has 15 heteroatoms. The molecule has 9 nitrogen and oxygen atoms in total. The topological polar surface area (TPSA) is 121 Å². The van der Waals surface area contributed by atoms with E-state index in [2.05, 4.69) is 48.4 Å². The van der Waals surface area contributed by atoms with Gasteiger partial charge >= 0.3 is 12.4 Å². The molecule has 2 aromatic heterocycles. The molecule has 2 aliphatic heterocycles. The van der Waals surface area contributed by atoms with Crippen LogP contribution in [0.25, 0.3) is 12.2 Å². The van der Waals surface area contributed by atoms with Crippen molar-refractivity contribution in [1.29, 1.82) is 0 Å². The van der Waals surface area contributed by atoms with Gasteiger partial charge in [-0.05, 0) is 58.7 Å². The molecule has 0 bridgehead atoms. The largest absolute Gasteiger partial charge is 0.451 e. The minimum atomic E-state index is -4.63. The van der Waals surface area contributed by atoms with Gasteiger partial charge in [-0.25, -0.2) is 9.97 Å². The van der Waals surface area contributed by atoms with Crippen molar-refractivity contribution in [3.05, 3.63) is 124 Å². The average molecular weight is 668 g/mol. The Labute approximate surface area is 270 Å². The fourth-order valence-electron chi connectivity index (χ4n) is 4.26. The van der Waals surface area contributed by atoms with E-state index in [1.54, 1.807) is 24.3 Å². The molecule has 2 fully saturated rings. The van der Waals surface area contributed by atoms with Crippen LogP contribution in [0.15, 0.2) is 90.4 Å². The van der Waals surface area contributed by atoms with Crippen LogP contribution in [0.2, 0.25) is 0 Å². The lowest BCUT2D eigenvalue weighted by Crippen LogP contribution is -2.33. The molecule has 0 aliphatic carbocycles. The number of halogens is 6. The quantitative estimate of drug-likeness (QED) is 0.184. The van der Waals surface area contributed by atoms with E-state index in [9.17, 15) is 35.9 Å². The number of alkyl halides is 6. The van der Waals surface area contributed by atoms with Gasteiger partial charge in [-0.3, -0.25) is 14.6 Å². The number of benzene rings is 2. The number of anilines is 2. The Balaban J connectivity index is 0.000000188. The summed E-state index contributed by atoms with van der Waals surface area (Å²) in [5, 5.41) is 11.5. The van der Waals surface area contributed by atoms with Gasteiger partial charge in [-0.1, -0.05) is 36.4 Å². The van der Waals surface area contributed by atoms with E-state index in [0.29, 0.717) is 11.4 Å². The minimum Gasteiger partial charge on any atom is -0.322 e. The van der Waals surface area contributed by atoms with Gasteiger partial charge in [-0.2, -0.15) is 26.3 Å². The number of aromatic nitrogens is 3. The number of hydrogen-bond donors (Lipinski definition) is 4. The van der Waals surface area contributed by atoms with Crippen LogP contribution in [0.4, 0.5) is 37.7 Å². The molecule has 0 radical (unpaired) electrons. The van der Waals surface area contributed by atoms with Crippen molar-refractivity contribution in [1.82, 2.24) is 25.6 Å². The van der Waals surface area contributed by atoms with Gasteiger partial charge in [0, 0.05) is 61.7 Å². The second-order valence-corrected chi connectivity index (χ2v) is 10.7. The summed E-state index contributed by atoms with van der Waals surface area (Å²) < 4.78 is 75.1. The zero-order chi connectivity index (χ0) is 34.3. The van der Waals surface area contributed by atoms with Gasteiger partial charge in [0.1, 0.15) is 5.69 Å². The van der Waals surface area contributed by atoms with Crippen LogP contribution in [-0.4, -0.2) is 52.9 Å². The predicted molar refractivity (Wildman–Crippen MR) is 167 cm³/mol. The van der Waals surface area contributed by atoms with Gasteiger partial charge in [0.05, 0.1) is 5.56 Å². The Kier molecular flexibility index (Phi) is 10.3. The van der Waals surface area contributed by atoms with E-state index in [0.717, 1.165) is 62.0 Å². The molecule has 6 rings (SSSR count). The van der Waals surface area contributed by atoms with Crippen LogP contribution in [0.3, 0.4) is 0 Å². The summed E-state index contributed by atoms with van der Waals surface area (Å²) in [6.45, 7) is 3.52. The Morgan fingerprint density at radius 3 is 1.48 bits per heavy atom. The summed E-state index contributed by atoms with van der Waals surface area (Å²) in [6, 6.07) is 16.2. The van der Waals surface area contributed by atoms with Crippen molar-refractivity contribution in [3.8, 4) is 0 Å². The van der Waals surface area contributed by atoms with Crippen LogP contribution in [0, 0.1) is 0 Å². The normalized spacial score (nSPS) is 14.0. The molecule has 0 unspecified atom stereocenters. The molecule has 4 aromatic rings. The number of carbonyl (C=O) groups is 2. The molecule has 2 saturated heterocycles. The lowest BCUT2D eigenvalue weighted by atomic mass is 10.1. The van der Waals surface area contributed by atoms with Crippen molar-refractivity contribution in [2.24, 2.45) is 0 Å². The van der Waals surface area contributed by atoms with Crippen molar-refractivity contribution in [2.45, 2.75) is 12.4 Å². The average Bonchev–Trinajstić information content (AvgIpc) is 3.02. The molecule has 248 valence electrons. The highest BCUT2D eigenvalue weighted by molar-refractivity contribution is 6.04. The molecule has 0 spiro atoms. The second kappa shape index (κ2) is 14.6. The third-order valence-electron chi connectivity index (χ3n) is 6.97. The van der Waals surface area contributed by atoms with Gasteiger partial charge in [-0.15, -0.1) is 0 Å². The third kappa shape index (κ3) is 9.33. The number of nitrogens with zero attached hydrogens (tertiary/aromatic N) is 3.